The van der Waals surface area contributed by atoms with Crippen molar-refractivity contribution in [3.8, 4) is 11.1 Å². The Morgan fingerprint density at radius 3 is 2.22 bits per heavy atom. The Kier molecular flexibility index (Phi) is 9.14. The zero-order chi connectivity index (χ0) is 28.8. The first-order valence-corrected chi connectivity index (χ1v) is 14.6. The van der Waals surface area contributed by atoms with Crippen molar-refractivity contribution in [3.05, 3.63) is 95.1 Å². The fourth-order valence-electron chi connectivity index (χ4n) is 6.42. The molecule has 7 heteroatoms. The molecule has 2 unspecified atom stereocenters. The third kappa shape index (κ3) is 6.68. The van der Waals surface area contributed by atoms with Crippen molar-refractivity contribution in [1.82, 2.24) is 10.2 Å². The van der Waals surface area contributed by atoms with E-state index in [2.05, 4.69) is 52.7 Å². The fraction of sp³-hybridized carbons (Fsp3) is 0.382. The third-order valence-corrected chi connectivity index (χ3v) is 8.45. The van der Waals surface area contributed by atoms with Gasteiger partial charge in [0.25, 0.3) is 0 Å². The highest BCUT2D eigenvalue weighted by Gasteiger charge is 2.30. The second-order valence-electron chi connectivity index (χ2n) is 11.1. The van der Waals surface area contributed by atoms with Crippen LogP contribution in [-0.2, 0) is 20.7 Å². The lowest BCUT2D eigenvalue weighted by Crippen LogP contribution is -2.43. The first-order chi connectivity index (χ1) is 19.9. The zero-order valence-corrected chi connectivity index (χ0v) is 23.6. The molecule has 0 heterocycles. The maximum absolute atomic E-state index is 12.9. The fourth-order valence-corrected chi connectivity index (χ4v) is 6.42. The number of benzene rings is 3. The van der Waals surface area contributed by atoms with Crippen molar-refractivity contribution < 1.29 is 24.2 Å². The van der Waals surface area contributed by atoms with Crippen LogP contribution in [0.5, 0.6) is 0 Å². The largest absolute Gasteiger partial charge is 0.481 e. The van der Waals surface area contributed by atoms with E-state index in [-0.39, 0.29) is 30.8 Å². The summed E-state index contributed by atoms with van der Waals surface area (Å²) in [5, 5.41) is 12.0. The minimum atomic E-state index is -0.812. The number of hydrogen-bond acceptors (Lipinski definition) is 5. The highest BCUT2D eigenvalue weighted by molar-refractivity contribution is 5.85. The number of carbonyl (C=O) groups excluding carboxylic acids is 2. The van der Waals surface area contributed by atoms with Gasteiger partial charge in [-0.3, -0.25) is 14.5 Å². The molecular formula is C34H38N2O5. The number of Topliss-reactive ketones (excluding diaryl/α,β-unsaturated/α-hetero) is 1. The topological polar surface area (TPSA) is 95.9 Å². The minimum absolute atomic E-state index is 0.0555. The molecule has 214 valence electrons. The Bertz CT molecular complexity index is 1360. The second kappa shape index (κ2) is 13.1. The predicted molar refractivity (Wildman–Crippen MR) is 158 cm³/mol. The van der Waals surface area contributed by atoms with Gasteiger partial charge in [-0.25, -0.2) is 4.79 Å². The molecular weight excluding hydrogens is 516 g/mol. The standard InChI is InChI=1S/C34H38N2O5/c1-23(37)31(19-21-36(20-9-18-33(38)39)32-17-8-11-24-10-2-3-12-25(24)32)35-34(40)41-22-30-28-15-6-4-13-26(28)27-14-5-7-16-29(27)30/h2-7,10,12-16,30-32H,8-9,11,17-22H2,1H3,(H,35,40)(H,38,39). The number of carbonyl (C=O) groups is 3. The first-order valence-electron chi connectivity index (χ1n) is 14.6. The summed E-state index contributed by atoms with van der Waals surface area (Å²) in [6.07, 6.45) is 3.52. The summed E-state index contributed by atoms with van der Waals surface area (Å²) in [6, 6.07) is 24.2. The summed E-state index contributed by atoms with van der Waals surface area (Å²) in [5.41, 5.74) is 7.19. The monoisotopic (exact) mass is 554 g/mol. The van der Waals surface area contributed by atoms with Crippen LogP contribution in [0.25, 0.3) is 11.1 Å². The van der Waals surface area contributed by atoms with Gasteiger partial charge in [0.1, 0.15) is 6.61 Å². The van der Waals surface area contributed by atoms with Crippen molar-refractivity contribution >= 4 is 17.8 Å². The number of alkyl carbamates (subject to hydrolysis) is 1. The van der Waals surface area contributed by atoms with Gasteiger partial charge >= 0.3 is 12.1 Å². The van der Waals surface area contributed by atoms with Crippen molar-refractivity contribution in [2.45, 2.75) is 63.5 Å². The maximum Gasteiger partial charge on any atom is 0.407 e. The summed E-state index contributed by atoms with van der Waals surface area (Å²) in [4.78, 5) is 39.0. The number of nitrogens with one attached hydrogen (secondary N) is 1. The molecule has 3 aromatic rings. The Balaban J connectivity index is 1.22. The number of aliphatic carboxylic acids is 1. The molecule has 7 nitrogen and oxygen atoms in total. The Morgan fingerprint density at radius 1 is 0.927 bits per heavy atom. The molecule has 2 N–H and O–H groups in total. The number of rotatable bonds is 12. The average Bonchev–Trinajstić information content (AvgIpc) is 3.30. The molecule has 5 rings (SSSR count). The molecule has 0 aromatic heterocycles. The van der Waals surface area contributed by atoms with E-state index in [0.717, 1.165) is 41.5 Å². The van der Waals surface area contributed by atoms with Crippen LogP contribution in [0, 0.1) is 0 Å². The van der Waals surface area contributed by atoms with Gasteiger partial charge in [-0.15, -0.1) is 0 Å². The van der Waals surface area contributed by atoms with Crippen molar-refractivity contribution in [3.63, 3.8) is 0 Å². The molecule has 41 heavy (non-hydrogen) atoms. The van der Waals surface area contributed by atoms with E-state index in [1.807, 2.05) is 30.3 Å². The van der Waals surface area contributed by atoms with E-state index >= 15 is 0 Å². The lowest BCUT2D eigenvalue weighted by molar-refractivity contribution is -0.137. The van der Waals surface area contributed by atoms with Gasteiger partial charge < -0.3 is 15.2 Å². The van der Waals surface area contributed by atoms with Crippen LogP contribution < -0.4 is 5.32 Å². The molecule has 0 spiro atoms. The van der Waals surface area contributed by atoms with Crippen molar-refractivity contribution in [2.75, 3.05) is 19.7 Å². The van der Waals surface area contributed by atoms with Gasteiger partial charge in [0.15, 0.2) is 5.78 Å². The summed E-state index contributed by atoms with van der Waals surface area (Å²) >= 11 is 0. The number of hydrogen-bond donors (Lipinski definition) is 2. The highest BCUT2D eigenvalue weighted by atomic mass is 16.5. The van der Waals surface area contributed by atoms with Gasteiger partial charge in [-0.05, 0) is 79.0 Å². The van der Waals surface area contributed by atoms with Crippen molar-refractivity contribution in [1.29, 1.82) is 0 Å². The van der Waals surface area contributed by atoms with Crippen LogP contribution in [0.15, 0.2) is 72.8 Å². The molecule has 0 fully saturated rings. The first kappa shape index (κ1) is 28.6. The van der Waals surface area contributed by atoms with Crippen molar-refractivity contribution in [2.24, 2.45) is 0 Å². The molecule has 0 radical (unpaired) electrons. The Labute approximate surface area is 241 Å². The zero-order valence-electron chi connectivity index (χ0n) is 23.6. The predicted octanol–water partition coefficient (Wildman–Crippen LogP) is 6.12. The molecule has 2 aliphatic rings. The quantitative estimate of drug-likeness (QED) is 0.280. The lowest BCUT2D eigenvalue weighted by Gasteiger charge is -2.36. The smallest absolute Gasteiger partial charge is 0.407 e. The summed E-state index contributed by atoms with van der Waals surface area (Å²) in [6.45, 7) is 2.84. The van der Waals surface area contributed by atoms with Gasteiger partial charge in [0, 0.05) is 24.9 Å². The molecule has 0 saturated carbocycles. The minimum Gasteiger partial charge on any atom is -0.481 e. The maximum atomic E-state index is 12.9. The number of carboxylic acids is 1. The number of fused-ring (bicyclic) bond motifs is 4. The van der Waals surface area contributed by atoms with E-state index in [9.17, 15) is 19.5 Å². The normalized spacial score (nSPS) is 16.4. The molecule has 2 atom stereocenters. The van der Waals surface area contributed by atoms with Crippen LogP contribution in [-0.4, -0.2) is 53.6 Å². The number of nitrogens with zero attached hydrogens (tertiary/aromatic N) is 1. The number of ketones is 1. The molecule has 0 bridgehead atoms. The molecule has 2 aliphatic carbocycles. The van der Waals surface area contributed by atoms with Gasteiger partial charge in [0.2, 0.25) is 0 Å². The van der Waals surface area contributed by atoms with Gasteiger partial charge in [-0.2, -0.15) is 0 Å². The Hall–Kier alpha value is -3.97. The third-order valence-electron chi connectivity index (χ3n) is 8.45. The Morgan fingerprint density at radius 2 is 1.56 bits per heavy atom. The summed E-state index contributed by atoms with van der Waals surface area (Å²) in [5.74, 6) is -0.999. The van der Waals surface area contributed by atoms with Crippen LogP contribution >= 0.6 is 0 Å². The van der Waals surface area contributed by atoms with E-state index in [0.29, 0.717) is 25.9 Å². The molecule has 0 saturated heterocycles. The highest BCUT2D eigenvalue weighted by Crippen LogP contribution is 2.44. The lowest BCUT2D eigenvalue weighted by atomic mass is 9.86. The summed E-state index contributed by atoms with van der Waals surface area (Å²) < 4.78 is 5.70. The van der Waals surface area contributed by atoms with Gasteiger partial charge in [-0.1, -0.05) is 72.8 Å². The van der Waals surface area contributed by atoms with Crippen LogP contribution in [0.3, 0.4) is 0 Å². The molecule has 3 aromatic carbocycles. The van der Waals surface area contributed by atoms with Crippen LogP contribution in [0.4, 0.5) is 4.79 Å². The molecule has 0 aliphatic heterocycles. The van der Waals surface area contributed by atoms with E-state index in [1.54, 1.807) is 0 Å². The van der Waals surface area contributed by atoms with Gasteiger partial charge in [0.05, 0.1) is 6.04 Å². The SMILES string of the molecule is CC(=O)C(CCN(CCCC(=O)O)C1CCCc2ccccc21)NC(=O)OCC1c2ccccc2-c2ccccc21. The summed E-state index contributed by atoms with van der Waals surface area (Å²) in [7, 11) is 0. The van der Waals surface area contributed by atoms with E-state index < -0.39 is 18.1 Å². The number of aryl methyl sites for hydroxylation is 1. The number of amides is 1. The van der Waals surface area contributed by atoms with E-state index in [1.165, 1.54) is 18.1 Å². The van der Waals surface area contributed by atoms with Crippen LogP contribution in [0.1, 0.15) is 73.2 Å². The number of ether oxygens (including phenoxy) is 1. The second-order valence-corrected chi connectivity index (χ2v) is 11.1. The van der Waals surface area contributed by atoms with Crippen LogP contribution in [0.2, 0.25) is 0 Å². The number of carboxylic acid groups (broad SMARTS) is 1. The van der Waals surface area contributed by atoms with E-state index in [4.69, 9.17) is 4.74 Å². The molecule has 1 amide bonds. The average molecular weight is 555 g/mol.